The van der Waals surface area contributed by atoms with Gasteiger partial charge in [-0.1, -0.05) is 0 Å². The minimum atomic E-state index is -1.52. The molecular formula is C12H9F3N2. The molecule has 0 saturated heterocycles. The van der Waals surface area contributed by atoms with Crippen LogP contribution in [0.25, 0.3) is 11.3 Å². The molecule has 17 heavy (non-hydrogen) atoms. The number of anilines is 1. The summed E-state index contributed by atoms with van der Waals surface area (Å²) in [5, 5.41) is 0. The summed E-state index contributed by atoms with van der Waals surface area (Å²) in [7, 11) is 0. The van der Waals surface area contributed by atoms with Crippen molar-refractivity contribution in [2.45, 2.75) is 6.92 Å². The van der Waals surface area contributed by atoms with E-state index in [1.807, 2.05) is 0 Å². The molecule has 0 unspecified atom stereocenters. The number of aromatic nitrogens is 1. The van der Waals surface area contributed by atoms with Crippen molar-refractivity contribution in [3.05, 3.63) is 47.4 Å². The van der Waals surface area contributed by atoms with Crippen molar-refractivity contribution in [3.8, 4) is 11.3 Å². The Morgan fingerprint density at radius 3 is 2.47 bits per heavy atom. The number of pyridine rings is 1. The largest absolute Gasteiger partial charge is 0.397 e. The first-order valence-corrected chi connectivity index (χ1v) is 4.86. The molecule has 1 heterocycles. The van der Waals surface area contributed by atoms with Crippen molar-refractivity contribution in [2.75, 3.05) is 5.73 Å². The van der Waals surface area contributed by atoms with Crippen LogP contribution < -0.4 is 5.73 Å². The highest BCUT2D eigenvalue weighted by Gasteiger charge is 2.17. The fraction of sp³-hybridized carbons (Fsp3) is 0.0833. The second-order valence-corrected chi connectivity index (χ2v) is 3.67. The van der Waals surface area contributed by atoms with E-state index in [1.54, 1.807) is 13.0 Å². The highest BCUT2D eigenvalue weighted by Crippen LogP contribution is 2.28. The quantitative estimate of drug-likeness (QED) is 0.775. The third-order valence-corrected chi connectivity index (χ3v) is 2.34. The second-order valence-electron chi connectivity index (χ2n) is 3.67. The van der Waals surface area contributed by atoms with Crippen LogP contribution in [0.15, 0.2) is 24.4 Å². The molecule has 0 fully saturated rings. The van der Waals surface area contributed by atoms with Crippen LogP contribution in [0.3, 0.4) is 0 Å². The average Bonchev–Trinajstić information content (AvgIpc) is 2.28. The summed E-state index contributed by atoms with van der Waals surface area (Å²) < 4.78 is 39.4. The molecule has 0 aliphatic carbocycles. The van der Waals surface area contributed by atoms with Crippen molar-refractivity contribution in [3.63, 3.8) is 0 Å². The number of halogens is 3. The molecule has 0 radical (unpaired) electrons. The molecule has 0 bridgehead atoms. The predicted molar refractivity (Wildman–Crippen MR) is 58.7 cm³/mol. The minimum absolute atomic E-state index is 0.104. The van der Waals surface area contributed by atoms with E-state index >= 15 is 0 Å². The topological polar surface area (TPSA) is 38.9 Å². The van der Waals surface area contributed by atoms with Gasteiger partial charge in [-0.2, -0.15) is 0 Å². The van der Waals surface area contributed by atoms with E-state index in [0.717, 1.165) is 17.7 Å². The summed E-state index contributed by atoms with van der Waals surface area (Å²) in [4.78, 5) is 3.93. The van der Waals surface area contributed by atoms with Gasteiger partial charge < -0.3 is 5.73 Å². The Bertz CT molecular complexity index is 582. The zero-order valence-corrected chi connectivity index (χ0v) is 8.97. The number of rotatable bonds is 1. The third kappa shape index (κ3) is 1.95. The number of nitrogens with two attached hydrogens (primary N) is 1. The van der Waals surface area contributed by atoms with Crippen molar-refractivity contribution in [1.82, 2.24) is 4.98 Å². The lowest BCUT2D eigenvalue weighted by Gasteiger charge is -2.07. The van der Waals surface area contributed by atoms with Gasteiger partial charge in [-0.3, -0.25) is 4.98 Å². The first-order valence-electron chi connectivity index (χ1n) is 4.86. The van der Waals surface area contributed by atoms with E-state index in [-0.39, 0.29) is 16.9 Å². The number of nitrogen functional groups attached to an aromatic ring is 1. The fourth-order valence-corrected chi connectivity index (χ4v) is 1.53. The molecule has 0 saturated carbocycles. The summed E-state index contributed by atoms with van der Waals surface area (Å²) in [6.07, 6.45) is 1.48. The minimum Gasteiger partial charge on any atom is -0.397 e. The molecule has 1 aromatic carbocycles. The van der Waals surface area contributed by atoms with Crippen molar-refractivity contribution >= 4 is 5.69 Å². The molecule has 0 amide bonds. The summed E-state index contributed by atoms with van der Waals surface area (Å²) in [6, 6.07) is 3.54. The Kier molecular flexibility index (Phi) is 2.75. The average molecular weight is 238 g/mol. The molecule has 0 spiro atoms. The zero-order chi connectivity index (χ0) is 12.6. The Morgan fingerprint density at radius 1 is 1.12 bits per heavy atom. The van der Waals surface area contributed by atoms with Crippen LogP contribution in [0.5, 0.6) is 0 Å². The van der Waals surface area contributed by atoms with Gasteiger partial charge in [0.05, 0.1) is 11.4 Å². The molecular weight excluding hydrogens is 229 g/mol. The SMILES string of the molecule is Cc1cnc(-c2ccc(F)c(F)c2F)c(N)c1. The molecule has 2 rings (SSSR count). The second kappa shape index (κ2) is 4.08. The maximum atomic E-state index is 13.5. The third-order valence-electron chi connectivity index (χ3n) is 2.34. The van der Waals surface area contributed by atoms with Gasteiger partial charge in [0.15, 0.2) is 17.5 Å². The van der Waals surface area contributed by atoms with Gasteiger partial charge >= 0.3 is 0 Å². The van der Waals surface area contributed by atoms with Gasteiger partial charge in [-0.25, -0.2) is 13.2 Å². The van der Waals surface area contributed by atoms with Gasteiger partial charge in [0, 0.05) is 11.8 Å². The number of hydrogen-bond acceptors (Lipinski definition) is 2. The number of nitrogens with zero attached hydrogens (tertiary/aromatic N) is 1. The van der Waals surface area contributed by atoms with Crippen molar-refractivity contribution in [2.24, 2.45) is 0 Å². The van der Waals surface area contributed by atoms with E-state index in [4.69, 9.17) is 5.73 Å². The summed E-state index contributed by atoms with van der Waals surface area (Å²) in [5.41, 5.74) is 6.64. The van der Waals surface area contributed by atoms with Crippen LogP contribution in [0, 0.1) is 24.4 Å². The lowest BCUT2D eigenvalue weighted by atomic mass is 10.1. The summed E-state index contributed by atoms with van der Waals surface area (Å²) in [5.74, 6) is -4.05. The molecule has 1 aromatic heterocycles. The number of benzene rings is 1. The lowest BCUT2D eigenvalue weighted by Crippen LogP contribution is -1.99. The van der Waals surface area contributed by atoms with Crippen LogP contribution in [-0.2, 0) is 0 Å². The molecule has 0 aliphatic rings. The Balaban J connectivity index is 2.65. The van der Waals surface area contributed by atoms with Crippen LogP contribution >= 0.6 is 0 Å². The Labute approximate surface area is 95.9 Å². The van der Waals surface area contributed by atoms with Crippen LogP contribution in [0.1, 0.15) is 5.56 Å². The van der Waals surface area contributed by atoms with Gasteiger partial charge in [0.2, 0.25) is 0 Å². The van der Waals surface area contributed by atoms with Gasteiger partial charge in [0.25, 0.3) is 0 Å². The monoisotopic (exact) mass is 238 g/mol. The number of aryl methyl sites for hydroxylation is 1. The highest BCUT2D eigenvalue weighted by atomic mass is 19.2. The van der Waals surface area contributed by atoms with Crippen LogP contribution in [0.2, 0.25) is 0 Å². The maximum absolute atomic E-state index is 13.5. The van der Waals surface area contributed by atoms with E-state index in [9.17, 15) is 13.2 Å². The normalized spacial score (nSPS) is 10.6. The van der Waals surface area contributed by atoms with E-state index in [1.165, 1.54) is 6.20 Å². The lowest BCUT2D eigenvalue weighted by molar-refractivity contribution is 0.449. The summed E-state index contributed by atoms with van der Waals surface area (Å²) in [6.45, 7) is 1.77. The van der Waals surface area contributed by atoms with E-state index in [0.29, 0.717) is 0 Å². The maximum Gasteiger partial charge on any atom is 0.195 e. The summed E-state index contributed by atoms with van der Waals surface area (Å²) >= 11 is 0. The molecule has 2 nitrogen and oxygen atoms in total. The smallest absolute Gasteiger partial charge is 0.195 e. The van der Waals surface area contributed by atoms with Crippen molar-refractivity contribution < 1.29 is 13.2 Å². The van der Waals surface area contributed by atoms with E-state index in [2.05, 4.69) is 4.98 Å². The number of hydrogen-bond donors (Lipinski definition) is 1. The van der Waals surface area contributed by atoms with Crippen molar-refractivity contribution in [1.29, 1.82) is 0 Å². The first-order chi connectivity index (χ1) is 8.00. The standard InChI is InChI=1S/C12H9F3N2/c1-6-4-9(16)12(17-5-6)7-2-3-8(13)11(15)10(7)14/h2-5H,16H2,1H3. The highest BCUT2D eigenvalue weighted by molar-refractivity contribution is 5.73. The van der Waals surface area contributed by atoms with Gasteiger partial charge in [-0.05, 0) is 30.7 Å². The fourth-order valence-electron chi connectivity index (χ4n) is 1.53. The molecule has 2 aromatic rings. The van der Waals surface area contributed by atoms with Gasteiger partial charge in [0.1, 0.15) is 0 Å². The Hall–Kier alpha value is -2.04. The zero-order valence-electron chi connectivity index (χ0n) is 8.97. The molecule has 0 atom stereocenters. The Morgan fingerprint density at radius 2 is 1.82 bits per heavy atom. The van der Waals surface area contributed by atoms with E-state index < -0.39 is 17.5 Å². The van der Waals surface area contributed by atoms with Gasteiger partial charge in [-0.15, -0.1) is 0 Å². The molecule has 2 N–H and O–H groups in total. The molecule has 88 valence electrons. The first kappa shape index (κ1) is 11.4. The molecule has 0 aliphatic heterocycles. The van der Waals surface area contributed by atoms with Crippen LogP contribution in [0.4, 0.5) is 18.9 Å². The van der Waals surface area contributed by atoms with Crippen LogP contribution in [-0.4, -0.2) is 4.98 Å². The predicted octanol–water partition coefficient (Wildman–Crippen LogP) is 3.06. The molecule has 5 heteroatoms.